The summed E-state index contributed by atoms with van der Waals surface area (Å²) in [5, 5.41) is 18.9. The molecule has 0 spiro atoms. The van der Waals surface area contributed by atoms with Gasteiger partial charge < -0.3 is 10.2 Å². The van der Waals surface area contributed by atoms with E-state index in [2.05, 4.69) is 0 Å². The molecule has 17 heavy (non-hydrogen) atoms. The van der Waals surface area contributed by atoms with Crippen molar-refractivity contribution in [2.24, 2.45) is 11.8 Å². The van der Waals surface area contributed by atoms with Gasteiger partial charge in [-0.2, -0.15) is 13.2 Å². The largest absolute Gasteiger partial charge is 0.479 e. The minimum atomic E-state index is -4.21. The van der Waals surface area contributed by atoms with E-state index in [4.69, 9.17) is 5.11 Å². The van der Waals surface area contributed by atoms with E-state index >= 15 is 0 Å². The summed E-state index contributed by atoms with van der Waals surface area (Å²) < 4.78 is 37.3. The molecule has 1 aliphatic rings. The predicted molar refractivity (Wildman–Crippen MR) is 54.4 cm³/mol. The lowest BCUT2D eigenvalue weighted by atomic mass is 9.72. The maximum atomic E-state index is 12.4. The molecule has 1 rings (SSSR count). The quantitative estimate of drug-likeness (QED) is 0.813. The van der Waals surface area contributed by atoms with Gasteiger partial charge in [0.1, 0.15) is 0 Å². The fraction of sp³-hybridized carbons (Fsp3) is 0.909. The Morgan fingerprint density at radius 2 is 1.59 bits per heavy atom. The van der Waals surface area contributed by atoms with E-state index in [-0.39, 0.29) is 32.1 Å². The van der Waals surface area contributed by atoms with Crippen molar-refractivity contribution in [2.75, 3.05) is 0 Å². The molecule has 2 N–H and O–H groups in total. The van der Waals surface area contributed by atoms with Crippen molar-refractivity contribution in [3.63, 3.8) is 0 Å². The molecular formula is C11H17F3O3. The zero-order valence-corrected chi connectivity index (χ0v) is 9.63. The van der Waals surface area contributed by atoms with Crippen LogP contribution in [0.3, 0.4) is 0 Å². The summed E-state index contributed by atoms with van der Waals surface area (Å²) in [7, 11) is 0. The smallest absolute Gasteiger partial charge is 0.391 e. The van der Waals surface area contributed by atoms with Gasteiger partial charge >= 0.3 is 12.1 Å². The van der Waals surface area contributed by atoms with Gasteiger partial charge in [0.05, 0.1) is 5.92 Å². The third kappa shape index (κ3) is 2.91. The zero-order chi connectivity index (χ0) is 13.3. The van der Waals surface area contributed by atoms with Crippen molar-refractivity contribution in [3.8, 4) is 0 Å². The fourth-order valence-electron chi connectivity index (χ4n) is 2.51. The van der Waals surface area contributed by atoms with Crippen molar-refractivity contribution in [2.45, 2.75) is 50.8 Å². The third-order valence-corrected chi connectivity index (χ3v) is 3.77. The topological polar surface area (TPSA) is 57.5 Å². The Balaban J connectivity index is 2.66. The second-order valence-electron chi connectivity index (χ2n) is 4.67. The summed E-state index contributed by atoms with van der Waals surface area (Å²) in [5.41, 5.74) is -1.88. The average Bonchev–Trinajstić information content (AvgIpc) is 2.26. The van der Waals surface area contributed by atoms with Crippen molar-refractivity contribution in [1.29, 1.82) is 0 Å². The molecule has 1 aliphatic carbocycles. The lowest BCUT2D eigenvalue weighted by Crippen LogP contribution is -2.47. The van der Waals surface area contributed by atoms with Crippen molar-refractivity contribution >= 4 is 5.97 Å². The summed E-state index contributed by atoms with van der Waals surface area (Å²) in [5.74, 6) is -3.27. The first-order valence-electron chi connectivity index (χ1n) is 5.74. The van der Waals surface area contributed by atoms with E-state index in [1.165, 1.54) is 6.92 Å². The van der Waals surface area contributed by atoms with Crippen LogP contribution in [0.1, 0.15) is 39.0 Å². The molecular weight excluding hydrogens is 237 g/mol. The number of halogens is 3. The molecule has 0 aromatic carbocycles. The van der Waals surface area contributed by atoms with Gasteiger partial charge in [0.25, 0.3) is 0 Å². The Bertz CT molecular complexity index is 282. The van der Waals surface area contributed by atoms with Gasteiger partial charge in [-0.25, -0.2) is 4.79 Å². The number of carboxylic acid groups (broad SMARTS) is 1. The number of hydrogen-bond acceptors (Lipinski definition) is 2. The van der Waals surface area contributed by atoms with E-state index in [1.54, 1.807) is 0 Å². The molecule has 0 radical (unpaired) electrons. The molecule has 1 fully saturated rings. The van der Waals surface area contributed by atoms with Gasteiger partial charge in [-0.1, -0.05) is 6.92 Å². The van der Waals surface area contributed by atoms with E-state index in [1.807, 2.05) is 0 Å². The van der Waals surface area contributed by atoms with E-state index in [0.29, 0.717) is 0 Å². The molecule has 0 aromatic heterocycles. The molecule has 0 bridgehead atoms. The summed E-state index contributed by atoms with van der Waals surface area (Å²) in [6.45, 7) is 1.53. The normalized spacial score (nSPS) is 29.7. The number of aliphatic carboxylic acids is 1. The Morgan fingerprint density at radius 3 is 1.88 bits per heavy atom. The summed E-state index contributed by atoms with van der Waals surface area (Å²) >= 11 is 0. The first-order chi connectivity index (χ1) is 7.71. The number of rotatable bonds is 3. The van der Waals surface area contributed by atoms with Crippen molar-refractivity contribution < 1.29 is 28.2 Å². The lowest BCUT2D eigenvalue weighted by molar-refractivity contribution is -0.192. The second kappa shape index (κ2) is 4.84. The van der Waals surface area contributed by atoms with Crippen LogP contribution in [0, 0.1) is 11.8 Å². The Kier molecular flexibility index (Phi) is 4.06. The van der Waals surface area contributed by atoms with Crippen LogP contribution in [0.5, 0.6) is 0 Å². The summed E-state index contributed by atoms with van der Waals surface area (Å²) in [4.78, 5) is 11.0. The number of alkyl halides is 3. The molecule has 0 heterocycles. The van der Waals surface area contributed by atoms with Crippen LogP contribution < -0.4 is 0 Å². The number of hydrogen-bond donors (Lipinski definition) is 2. The SMILES string of the molecule is CCC(O)(C(=O)O)C1CCC(C(F)(F)F)CC1. The predicted octanol–water partition coefficient (Wildman–Crippen LogP) is 2.58. The monoisotopic (exact) mass is 254 g/mol. The number of carbonyl (C=O) groups is 1. The van der Waals surface area contributed by atoms with Crippen molar-refractivity contribution in [1.82, 2.24) is 0 Å². The van der Waals surface area contributed by atoms with Crippen LogP contribution in [0.4, 0.5) is 13.2 Å². The van der Waals surface area contributed by atoms with Crippen LogP contribution in [0.15, 0.2) is 0 Å². The van der Waals surface area contributed by atoms with Gasteiger partial charge in [0.15, 0.2) is 5.60 Å². The molecule has 1 saturated carbocycles. The van der Waals surface area contributed by atoms with E-state index in [9.17, 15) is 23.1 Å². The Morgan fingerprint density at radius 1 is 1.18 bits per heavy atom. The fourth-order valence-corrected chi connectivity index (χ4v) is 2.51. The van der Waals surface area contributed by atoms with Crippen LogP contribution >= 0.6 is 0 Å². The molecule has 100 valence electrons. The third-order valence-electron chi connectivity index (χ3n) is 3.77. The van der Waals surface area contributed by atoms with Crippen molar-refractivity contribution in [3.05, 3.63) is 0 Å². The highest BCUT2D eigenvalue weighted by molar-refractivity contribution is 5.77. The van der Waals surface area contributed by atoms with Crippen LogP contribution in [-0.4, -0.2) is 28.0 Å². The summed E-state index contributed by atoms with van der Waals surface area (Å²) in [6.07, 6.45) is -4.16. The van der Waals surface area contributed by atoms with Crippen LogP contribution in [0.2, 0.25) is 0 Å². The Hall–Kier alpha value is -0.780. The minimum Gasteiger partial charge on any atom is -0.479 e. The zero-order valence-electron chi connectivity index (χ0n) is 9.63. The maximum Gasteiger partial charge on any atom is 0.391 e. The molecule has 0 aliphatic heterocycles. The highest BCUT2D eigenvalue weighted by Gasteiger charge is 2.48. The highest BCUT2D eigenvalue weighted by atomic mass is 19.4. The molecule has 0 aromatic rings. The Labute approximate surface area is 97.6 Å². The van der Waals surface area contributed by atoms with Gasteiger partial charge in [-0.3, -0.25) is 0 Å². The molecule has 3 nitrogen and oxygen atoms in total. The van der Waals surface area contributed by atoms with E-state index in [0.717, 1.165) is 0 Å². The lowest BCUT2D eigenvalue weighted by Gasteiger charge is -2.37. The molecule has 1 unspecified atom stereocenters. The van der Waals surface area contributed by atoms with Crippen LogP contribution in [-0.2, 0) is 4.79 Å². The molecule has 0 saturated heterocycles. The standard InChI is InChI=1S/C11H17F3O3/c1-2-10(17,9(15)16)7-3-5-8(6-4-7)11(12,13)14/h7-8,17H,2-6H2,1H3,(H,15,16). The van der Waals surface area contributed by atoms with Gasteiger partial charge in [-0.15, -0.1) is 0 Å². The number of aliphatic hydroxyl groups is 1. The molecule has 0 amide bonds. The maximum absolute atomic E-state index is 12.4. The molecule has 1 atom stereocenters. The van der Waals surface area contributed by atoms with Gasteiger partial charge in [0.2, 0.25) is 0 Å². The highest BCUT2D eigenvalue weighted by Crippen LogP contribution is 2.43. The van der Waals surface area contributed by atoms with Crippen LogP contribution in [0.25, 0.3) is 0 Å². The second-order valence-corrected chi connectivity index (χ2v) is 4.67. The van der Waals surface area contributed by atoms with E-state index < -0.39 is 29.6 Å². The minimum absolute atomic E-state index is 0.0175. The average molecular weight is 254 g/mol. The number of carboxylic acids is 1. The first kappa shape index (κ1) is 14.3. The van der Waals surface area contributed by atoms with Gasteiger partial charge in [-0.05, 0) is 38.0 Å². The first-order valence-corrected chi connectivity index (χ1v) is 5.74. The summed E-state index contributed by atoms with van der Waals surface area (Å²) in [6, 6.07) is 0. The van der Waals surface area contributed by atoms with Gasteiger partial charge in [0, 0.05) is 0 Å². The molecule has 6 heteroatoms.